The van der Waals surface area contributed by atoms with Crippen molar-refractivity contribution in [2.24, 2.45) is 0 Å². The van der Waals surface area contributed by atoms with E-state index in [1.165, 1.54) is 4.52 Å². The summed E-state index contributed by atoms with van der Waals surface area (Å²) < 4.78 is 65.2. The van der Waals surface area contributed by atoms with E-state index in [0.29, 0.717) is 23.9 Å². The lowest BCUT2D eigenvalue weighted by molar-refractivity contribution is -0.274. The second-order valence-corrected chi connectivity index (χ2v) is 7.32. The monoisotopic (exact) mass is 477 g/mol. The molecule has 4 aromatic rings. The van der Waals surface area contributed by atoms with Crippen LogP contribution in [0.2, 0.25) is 0 Å². The summed E-state index contributed by atoms with van der Waals surface area (Å²) in [4.78, 5) is 21.2. The predicted octanol–water partition coefficient (Wildman–Crippen LogP) is 4.31. The van der Waals surface area contributed by atoms with Crippen LogP contribution in [0, 0.1) is 5.82 Å². The van der Waals surface area contributed by atoms with Gasteiger partial charge < -0.3 is 15.4 Å². The number of rotatable bonds is 7. The molecule has 4 rings (SSSR count). The number of hydrogen-bond donors (Lipinski definition) is 2. The number of carbonyl (C=O) groups excluding carboxylic acids is 1. The summed E-state index contributed by atoms with van der Waals surface area (Å²) in [7, 11) is 0. The minimum absolute atomic E-state index is 0.107. The van der Waals surface area contributed by atoms with Crippen LogP contribution in [0.15, 0.2) is 42.5 Å². The van der Waals surface area contributed by atoms with E-state index in [9.17, 15) is 22.4 Å². The van der Waals surface area contributed by atoms with Crippen molar-refractivity contribution in [3.63, 3.8) is 0 Å². The second kappa shape index (κ2) is 9.12. The summed E-state index contributed by atoms with van der Waals surface area (Å²) in [5.41, 5.74) is 0.425. The van der Waals surface area contributed by atoms with Crippen LogP contribution in [0.25, 0.3) is 27.9 Å². The predicted molar refractivity (Wildman–Crippen MR) is 117 cm³/mol. The van der Waals surface area contributed by atoms with Crippen LogP contribution >= 0.6 is 0 Å². The molecule has 178 valence electrons. The largest absolute Gasteiger partial charge is 0.573 e. The molecular formula is C22H20F4N6O2. The molecule has 0 aliphatic heterocycles. The Kier molecular flexibility index (Phi) is 5.86. The van der Waals surface area contributed by atoms with E-state index in [1.54, 1.807) is 31.2 Å². The lowest BCUT2D eigenvalue weighted by atomic mass is 10.2. The molecule has 0 saturated carbocycles. The molecule has 8 nitrogen and oxygen atoms in total. The van der Waals surface area contributed by atoms with E-state index < -0.39 is 24.0 Å². The van der Waals surface area contributed by atoms with Crippen LogP contribution in [0.3, 0.4) is 0 Å². The van der Waals surface area contributed by atoms with Gasteiger partial charge in [0.05, 0.1) is 11.1 Å². The SMILES string of the molecule is [2H]CCCNC(=O)[C@H](C)Nc1nc2ccccc2c2nc(-c3cc(F)ccc3OC(F)(F)F)nn12. The number of benzene rings is 2. The van der Waals surface area contributed by atoms with Gasteiger partial charge in [0, 0.05) is 13.3 Å². The summed E-state index contributed by atoms with van der Waals surface area (Å²) in [5.74, 6) is -1.92. The van der Waals surface area contributed by atoms with Crippen molar-refractivity contribution in [3.8, 4) is 17.1 Å². The molecule has 12 heteroatoms. The summed E-state index contributed by atoms with van der Waals surface area (Å²) >= 11 is 0. The number of fused-ring (bicyclic) bond motifs is 3. The first-order valence-corrected chi connectivity index (χ1v) is 10.2. The van der Waals surface area contributed by atoms with E-state index in [1.807, 2.05) is 0 Å². The molecule has 0 radical (unpaired) electrons. The third-order valence-corrected chi connectivity index (χ3v) is 4.80. The van der Waals surface area contributed by atoms with Crippen LogP contribution in [-0.2, 0) is 4.79 Å². The fraction of sp³-hybridized carbons (Fsp3) is 0.273. The van der Waals surface area contributed by atoms with E-state index in [4.69, 9.17) is 1.37 Å². The molecule has 0 saturated heterocycles. The quantitative estimate of drug-likeness (QED) is 0.304. The van der Waals surface area contributed by atoms with Gasteiger partial charge in [-0.25, -0.2) is 14.4 Å². The fourth-order valence-corrected chi connectivity index (χ4v) is 3.28. The van der Waals surface area contributed by atoms with Gasteiger partial charge in [0.15, 0.2) is 11.5 Å². The smallest absolute Gasteiger partial charge is 0.405 e. The first kappa shape index (κ1) is 21.9. The molecule has 0 spiro atoms. The van der Waals surface area contributed by atoms with Crippen molar-refractivity contribution >= 4 is 28.4 Å². The minimum Gasteiger partial charge on any atom is -0.405 e. The maximum Gasteiger partial charge on any atom is 0.573 e. The van der Waals surface area contributed by atoms with Gasteiger partial charge in [-0.2, -0.15) is 4.52 Å². The van der Waals surface area contributed by atoms with Crippen molar-refractivity contribution in [3.05, 3.63) is 48.3 Å². The van der Waals surface area contributed by atoms with Gasteiger partial charge in [-0.05, 0) is 43.7 Å². The number of para-hydroxylation sites is 1. The molecular weight excluding hydrogens is 456 g/mol. The summed E-state index contributed by atoms with van der Waals surface area (Å²) in [5, 5.41) is 10.4. The Labute approximate surface area is 192 Å². The highest BCUT2D eigenvalue weighted by molar-refractivity contribution is 5.93. The third-order valence-electron chi connectivity index (χ3n) is 4.80. The topological polar surface area (TPSA) is 93.4 Å². The van der Waals surface area contributed by atoms with E-state index in [0.717, 1.165) is 18.2 Å². The van der Waals surface area contributed by atoms with Gasteiger partial charge in [0.1, 0.15) is 17.6 Å². The normalized spacial score (nSPS) is 13.0. The molecule has 1 amide bonds. The average molecular weight is 477 g/mol. The van der Waals surface area contributed by atoms with E-state index in [-0.39, 0.29) is 35.8 Å². The number of nitrogens with one attached hydrogen (secondary N) is 2. The van der Waals surface area contributed by atoms with Crippen molar-refractivity contribution < 1.29 is 28.5 Å². The molecule has 2 aromatic carbocycles. The number of alkyl halides is 3. The highest BCUT2D eigenvalue weighted by Crippen LogP contribution is 2.34. The molecule has 2 aromatic heterocycles. The Hall–Kier alpha value is -3.96. The number of hydrogen-bond acceptors (Lipinski definition) is 6. The fourth-order valence-electron chi connectivity index (χ4n) is 3.28. The maximum absolute atomic E-state index is 14.0. The molecule has 2 heterocycles. The number of nitrogens with zero attached hydrogens (tertiary/aromatic N) is 4. The number of halogens is 4. The second-order valence-electron chi connectivity index (χ2n) is 7.32. The van der Waals surface area contributed by atoms with E-state index >= 15 is 0 Å². The molecule has 0 bridgehead atoms. The zero-order chi connectivity index (χ0) is 25.2. The molecule has 0 aliphatic carbocycles. The molecule has 1 atom stereocenters. The minimum atomic E-state index is -5.00. The molecule has 0 fully saturated rings. The highest BCUT2D eigenvalue weighted by atomic mass is 19.4. The van der Waals surface area contributed by atoms with Gasteiger partial charge in [-0.3, -0.25) is 4.79 Å². The van der Waals surface area contributed by atoms with Crippen LogP contribution in [0.5, 0.6) is 5.75 Å². The van der Waals surface area contributed by atoms with Crippen LogP contribution in [-0.4, -0.2) is 44.4 Å². The Morgan fingerprint density at radius 3 is 2.79 bits per heavy atom. The molecule has 34 heavy (non-hydrogen) atoms. The standard InChI is InChI=1S/C22H20F4N6O2/c1-3-10-27-20(33)12(2)28-21-29-16-7-5-4-6-14(16)19-30-18(31-32(19)21)15-11-13(23)8-9-17(15)34-22(24,25)26/h4-9,11-12H,3,10H2,1-2H3,(H,27,33)(H,28,29)/t12-/m0/s1/i1D. The maximum atomic E-state index is 14.0. The Morgan fingerprint density at radius 2 is 2.03 bits per heavy atom. The lowest BCUT2D eigenvalue weighted by Gasteiger charge is -2.15. The molecule has 0 unspecified atom stereocenters. The van der Waals surface area contributed by atoms with Crippen LogP contribution < -0.4 is 15.4 Å². The Morgan fingerprint density at radius 1 is 1.24 bits per heavy atom. The van der Waals surface area contributed by atoms with Crippen LogP contribution in [0.1, 0.15) is 21.6 Å². The summed E-state index contributed by atoms with van der Waals surface area (Å²) in [6.45, 7) is 2.11. The number of ether oxygens (including phenoxy) is 1. The average Bonchev–Trinajstić information content (AvgIpc) is 3.25. The number of amides is 1. The summed E-state index contributed by atoms with van der Waals surface area (Å²) in [6, 6.07) is 8.65. The van der Waals surface area contributed by atoms with Crippen molar-refractivity contribution in [2.45, 2.75) is 32.6 Å². The highest BCUT2D eigenvalue weighted by Gasteiger charge is 2.33. The van der Waals surface area contributed by atoms with Crippen molar-refractivity contribution in [1.82, 2.24) is 24.9 Å². The number of aromatic nitrogens is 4. The summed E-state index contributed by atoms with van der Waals surface area (Å²) in [6.07, 6.45) is -4.51. The van der Waals surface area contributed by atoms with Gasteiger partial charge in [-0.15, -0.1) is 18.3 Å². The van der Waals surface area contributed by atoms with Gasteiger partial charge >= 0.3 is 6.36 Å². The first-order valence-electron chi connectivity index (χ1n) is 10.9. The third kappa shape index (κ3) is 4.85. The van der Waals surface area contributed by atoms with Crippen molar-refractivity contribution in [2.75, 3.05) is 11.9 Å². The van der Waals surface area contributed by atoms with Gasteiger partial charge in [0.2, 0.25) is 11.9 Å². The number of carbonyl (C=O) groups is 1. The number of anilines is 1. The zero-order valence-electron chi connectivity index (χ0n) is 18.9. The molecule has 0 aliphatic rings. The van der Waals surface area contributed by atoms with Crippen LogP contribution in [0.4, 0.5) is 23.5 Å². The van der Waals surface area contributed by atoms with Gasteiger partial charge in [-0.1, -0.05) is 19.0 Å². The first-order chi connectivity index (χ1) is 16.7. The molecule has 2 N–H and O–H groups in total. The van der Waals surface area contributed by atoms with E-state index in [2.05, 4.69) is 30.4 Å². The zero-order valence-corrected chi connectivity index (χ0v) is 17.9. The Bertz CT molecular complexity index is 1380. The Balaban J connectivity index is 1.80. The van der Waals surface area contributed by atoms with Gasteiger partial charge in [0.25, 0.3) is 0 Å². The lowest BCUT2D eigenvalue weighted by Crippen LogP contribution is -2.38. The van der Waals surface area contributed by atoms with Crippen molar-refractivity contribution in [1.29, 1.82) is 0 Å².